The average Bonchev–Trinajstić information content (AvgIpc) is 2.19. The fourth-order valence-corrected chi connectivity index (χ4v) is 1.24. The molecule has 0 amide bonds. The minimum Gasteiger partial charge on any atom is -0.466 e. The molecule has 0 aliphatic carbocycles. The zero-order chi connectivity index (χ0) is 10.4. The number of esters is 1. The maximum absolute atomic E-state index is 11.2. The number of para-hydroxylation sites is 1. The monoisotopic (exact) mass is 214 g/mol. The Balaban J connectivity index is 2.70. The average molecular weight is 215 g/mol. The highest BCUT2D eigenvalue weighted by molar-refractivity contribution is 6.09. The summed E-state index contributed by atoms with van der Waals surface area (Å²) in [5.41, 5.74) is 0.723. The molecule has 0 N–H and O–H groups in total. The number of hydrogen-bond donors (Lipinski definition) is 0. The van der Waals surface area contributed by atoms with Crippen molar-refractivity contribution in [3.8, 4) is 5.75 Å². The second-order valence-corrected chi connectivity index (χ2v) is 2.82. The number of carbonyl (C=O) groups excluding carboxylic acids is 1. The molecule has 1 aromatic carbocycles. The van der Waals surface area contributed by atoms with Crippen molar-refractivity contribution < 1.29 is 13.8 Å². The van der Waals surface area contributed by atoms with Gasteiger partial charge in [0.05, 0.1) is 13.0 Å². The van der Waals surface area contributed by atoms with E-state index in [-0.39, 0.29) is 12.4 Å². The Morgan fingerprint density at radius 1 is 1.43 bits per heavy atom. The highest BCUT2D eigenvalue weighted by Crippen LogP contribution is 2.19. The van der Waals surface area contributed by atoms with Crippen LogP contribution in [0.2, 0.25) is 0 Å². The van der Waals surface area contributed by atoms with Crippen LogP contribution in [-0.4, -0.2) is 12.6 Å². The van der Waals surface area contributed by atoms with Crippen molar-refractivity contribution in [2.24, 2.45) is 0 Å². The minimum absolute atomic E-state index is 0.177. The smallest absolute Gasteiger partial charge is 0.310 e. The van der Waals surface area contributed by atoms with Crippen molar-refractivity contribution in [2.75, 3.05) is 6.61 Å². The second kappa shape index (κ2) is 5.50. The van der Waals surface area contributed by atoms with Gasteiger partial charge in [-0.05, 0) is 13.0 Å². The zero-order valence-electron chi connectivity index (χ0n) is 7.83. The van der Waals surface area contributed by atoms with Crippen LogP contribution in [0.3, 0.4) is 0 Å². The van der Waals surface area contributed by atoms with Gasteiger partial charge in [0.15, 0.2) is 0 Å². The molecule has 1 rings (SSSR count). The van der Waals surface area contributed by atoms with Crippen LogP contribution < -0.4 is 4.29 Å². The van der Waals surface area contributed by atoms with E-state index >= 15 is 0 Å². The molecule has 0 bridgehead atoms. The quantitative estimate of drug-likeness (QED) is 0.722. The number of rotatable bonds is 4. The molecular formula is C10H11ClO3. The summed E-state index contributed by atoms with van der Waals surface area (Å²) < 4.78 is 9.40. The summed E-state index contributed by atoms with van der Waals surface area (Å²) in [6, 6.07) is 7.07. The lowest BCUT2D eigenvalue weighted by atomic mass is 10.1. The second-order valence-electron chi connectivity index (χ2n) is 2.67. The lowest BCUT2D eigenvalue weighted by Gasteiger charge is -2.05. The van der Waals surface area contributed by atoms with Gasteiger partial charge in [-0.25, -0.2) is 0 Å². The minimum atomic E-state index is -0.284. The molecule has 0 saturated heterocycles. The first kappa shape index (κ1) is 10.9. The van der Waals surface area contributed by atoms with Crippen LogP contribution >= 0.6 is 11.9 Å². The van der Waals surface area contributed by atoms with Crippen molar-refractivity contribution in [3.05, 3.63) is 29.8 Å². The van der Waals surface area contributed by atoms with E-state index in [0.29, 0.717) is 12.4 Å². The molecule has 0 heterocycles. The summed E-state index contributed by atoms with van der Waals surface area (Å²) in [6.07, 6.45) is 0.177. The highest BCUT2D eigenvalue weighted by Gasteiger charge is 2.08. The first-order valence-corrected chi connectivity index (χ1v) is 4.61. The number of carbonyl (C=O) groups is 1. The summed E-state index contributed by atoms with van der Waals surface area (Å²) in [5, 5.41) is 0. The van der Waals surface area contributed by atoms with Crippen LogP contribution in [0.1, 0.15) is 12.5 Å². The van der Waals surface area contributed by atoms with E-state index in [4.69, 9.17) is 16.6 Å². The van der Waals surface area contributed by atoms with E-state index in [0.717, 1.165) is 5.56 Å². The third kappa shape index (κ3) is 2.92. The van der Waals surface area contributed by atoms with Crippen LogP contribution in [0.15, 0.2) is 24.3 Å². The van der Waals surface area contributed by atoms with Crippen molar-refractivity contribution >= 4 is 17.8 Å². The molecule has 0 saturated carbocycles. The number of hydrogen-bond acceptors (Lipinski definition) is 3. The van der Waals surface area contributed by atoms with Crippen molar-refractivity contribution in [2.45, 2.75) is 13.3 Å². The van der Waals surface area contributed by atoms with E-state index in [1.165, 1.54) is 0 Å². The van der Waals surface area contributed by atoms with Gasteiger partial charge in [-0.1, -0.05) is 18.2 Å². The third-order valence-electron chi connectivity index (χ3n) is 1.70. The predicted molar refractivity (Wildman–Crippen MR) is 53.3 cm³/mol. The summed E-state index contributed by atoms with van der Waals surface area (Å²) in [7, 11) is 0. The first-order chi connectivity index (χ1) is 6.77. The molecule has 0 aliphatic rings. The molecule has 0 unspecified atom stereocenters. The maximum atomic E-state index is 11.2. The molecule has 3 nitrogen and oxygen atoms in total. The fourth-order valence-electron chi connectivity index (χ4n) is 1.09. The van der Waals surface area contributed by atoms with Gasteiger partial charge < -0.3 is 9.03 Å². The van der Waals surface area contributed by atoms with Gasteiger partial charge in [0.1, 0.15) is 17.6 Å². The zero-order valence-corrected chi connectivity index (χ0v) is 8.58. The topological polar surface area (TPSA) is 35.5 Å². The summed E-state index contributed by atoms with van der Waals surface area (Å²) in [5.74, 6) is 0.205. The molecule has 4 heteroatoms. The van der Waals surface area contributed by atoms with Gasteiger partial charge in [-0.2, -0.15) is 0 Å². The van der Waals surface area contributed by atoms with Gasteiger partial charge in [-0.15, -0.1) is 0 Å². The predicted octanol–water partition coefficient (Wildman–Crippen LogP) is 2.32. The lowest BCUT2D eigenvalue weighted by Crippen LogP contribution is -2.07. The van der Waals surface area contributed by atoms with Crippen LogP contribution in [0.4, 0.5) is 0 Å². The molecule has 0 radical (unpaired) electrons. The maximum Gasteiger partial charge on any atom is 0.310 e. The van der Waals surface area contributed by atoms with Gasteiger partial charge in [-0.3, -0.25) is 4.79 Å². The Labute approximate surface area is 87.8 Å². The molecular weight excluding hydrogens is 204 g/mol. The molecule has 14 heavy (non-hydrogen) atoms. The lowest BCUT2D eigenvalue weighted by molar-refractivity contribution is -0.142. The summed E-state index contributed by atoms with van der Waals surface area (Å²) >= 11 is 5.24. The van der Waals surface area contributed by atoms with Gasteiger partial charge in [0.25, 0.3) is 0 Å². The van der Waals surface area contributed by atoms with Crippen LogP contribution in [-0.2, 0) is 16.0 Å². The van der Waals surface area contributed by atoms with E-state index in [9.17, 15) is 4.79 Å². The van der Waals surface area contributed by atoms with Gasteiger partial charge in [0.2, 0.25) is 0 Å². The number of ether oxygens (including phenoxy) is 1. The van der Waals surface area contributed by atoms with E-state index in [1.807, 2.05) is 6.07 Å². The van der Waals surface area contributed by atoms with Crippen molar-refractivity contribution in [1.82, 2.24) is 0 Å². The molecule has 0 atom stereocenters. The Morgan fingerprint density at radius 3 is 2.79 bits per heavy atom. The molecule has 0 spiro atoms. The number of halogens is 1. The standard InChI is InChI=1S/C10H11ClO3/c1-2-13-10(12)7-8-5-3-4-6-9(8)14-11/h3-6H,2,7H2,1H3. The van der Waals surface area contributed by atoms with E-state index in [1.54, 1.807) is 25.1 Å². The van der Waals surface area contributed by atoms with E-state index in [2.05, 4.69) is 4.29 Å². The SMILES string of the molecule is CCOC(=O)Cc1ccccc1OCl. The van der Waals surface area contributed by atoms with Crippen LogP contribution in [0, 0.1) is 0 Å². The van der Waals surface area contributed by atoms with Gasteiger partial charge >= 0.3 is 5.97 Å². The van der Waals surface area contributed by atoms with Gasteiger partial charge in [0, 0.05) is 5.56 Å². The molecule has 0 aromatic heterocycles. The normalized spacial score (nSPS) is 9.57. The van der Waals surface area contributed by atoms with Crippen LogP contribution in [0.5, 0.6) is 5.75 Å². The Hall–Kier alpha value is -1.22. The molecule has 1 aromatic rings. The van der Waals surface area contributed by atoms with Crippen molar-refractivity contribution in [3.63, 3.8) is 0 Å². The fraction of sp³-hybridized carbons (Fsp3) is 0.300. The Morgan fingerprint density at radius 2 is 2.14 bits per heavy atom. The molecule has 76 valence electrons. The largest absolute Gasteiger partial charge is 0.466 e. The molecule has 0 aliphatic heterocycles. The van der Waals surface area contributed by atoms with Crippen LogP contribution in [0.25, 0.3) is 0 Å². The summed E-state index contributed by atoms with van der Waals surface area (Å²) in [6.45, 7) is 2.14. The first-order valence-electron chi connectivity index (χ1n) is 4.30. The third-order valence-corrected chi connectivity index (χ3v) is 1.86. The molecule has 0 fully saturated rings. The summed E-state index contributed by atoms with van der Waals surface area (Å²) in [4.78, 5) is 11.2. The Kier molecular flexibility index (Phi) is 4.26. The van der Waals surface area contributed by atoms with E-state index < -0.39 is 0 Å². The number of benzene rings is 1. The Bertz CT molecular complexity index is 312. The van der Waals surface area contributed by atoms with Crippen molar-refractivity contribution in [1.29, 1.82) is 0 Å². The highest BCUT2D eigenvalue weighted by atomic mass is 35.5.